The van der Waals surface area contributed by atoms with E-state index in [2.05, 4.69) is 0 Å². The number of ether oxygens (including phenoxy) is 1. The highest BCUT2D eigenvalue weighted by Gasteiger charge is 2.34. The van der Waals surface area contributed by atoms with E-state index in [9.17, 15) is 15.3 Å². The van der Waals surface area contributed by atoms with Gasteiger partial charge in [-0.15, -0.1) is 11.6 Å². The molecule has 2 unspecified atom stereocenters. The third kappa shape index (κ3) is 3.83. The average molecular weight is 377 g/mol. The molecule has 1 aliphatic rings. The summed E-state index contributed by atoms with van der Waals surface area (Å²) >= 11 is 5.84. The zero-order chi connectivity index (χ0) is 18.9. The van der Waals surface area contributed by atoms with E-state index in [4.69, 9.17) is 16.3 Å². The highest BCUT2D eigenvalue weighted by molar-refractivity contribution is 6.18. The first-order chi connectivity index (χ1) is 12.3. The maximum atomic E-state index is 10.7. The number of phenols is 2. The monoisotopic (exact) mass is 376 g/mol. The molecule has 1 saturated heterocycles. The normalized spacial score (nSPS) is 17.9. The number of para-hydroxylation sites is 1. The Kier molecular flexibility index (Phi) is 5.47. The molecule has 0 amide bonds. The fourth-order valence-electron chi connectivity index (χ4n) is 3.66. The van der Waals surface area contributed by atoms with Crippen LogP contribution in [0.3, 0.4) is 0 Å². The topological polar surface area (TPSA) is 73.2 Å². The molecule has 1 fully saturated rings. The maximum Gasteiger partial charge on any atom is 0.119 e. The predicted molar refractivity (Wildman–Crippen MR) is 102 cm³/mol. The lowest BCUT2D eigenvalue weighted by molar-refractivity contribution is 0.197. The molecule has 0 bridgehead atoms. The van der Waals surface area contributed by atoms with Crippen molar-refractivity contribution < 1.29 is 20.1 Å². The van der Waals surface area contributed by atoms with E-state index in [1.807, 2.05) is 32.0 Å². The first-order valence-electron chi connectivity index (χ1n) is 8.83. The Morgan fingerprint density at radius 3 is 2.46 bits per heavy atom. The van der Waals surface area contributed by atoms with Crippen LogP contribution in [-0.2, 0) is 23.0 Å². The molecule has 140 valence electrons. The number of aliphatic hydroxyl groups excluding tert-OH is 1. The molecule has 0 aliphatic carbocycles. The van der Waals surface area contributed by atoms with Crippen LogP contribution in [0.2, 0.25) is 0 Å². The molecule has 2 aromatic rings. The molecule has 2 atom stereocenters. The summed E-state index contributed by atoms with van der Waals surface area (Å²) in [4.78, 5) is 0. The number of hydrogen-bond acceptors (Lipinski definition) is 4. The van der Waals surface area contributed by atoms with Crippen LogP contribution in [0.4, 0.5) is 0 Å². The fourth-order valence-corrected chi connectivity index (χ4v) is 3.77. The van der Waals surface area contributed by atoms with Crippen molar-refractivity contribution >= 4 is 11.6 Å². The molecule has 0 radical (unpaired) electrons. The van der Waals surface area contributed by atoms with Gasteiger partial charge in [0.25, 0.3) is 0 Å². The van der Waals surface area contributed by atoms with Crippen LogP contribution >= 0.6 is 11.6 Å². The minimum absolute atomic E-state index is 0.117. The molecule has 0 aromatic heterocycles. The van der Waals surface area contributed by atoms with Gasteiger partial charge in [-0.1, -0.05) is 38.1 Å². The van der Waals surface area contributed by atoms with Crippen LogP contribution in [0.25, 0.3) is 0 Å². The van der Waals surface area contributed by atoms with E-state index in [0.29, 0.717) is 12.0 Å². The Hall–Kier alpha value is -1.75. The van der Waals surface area contributed by atoms with Gasteiger partial charge in [-0.05, 0) is 23.3 Å². The van der Waals surface area contributed by atoms with Gasteiger partial charge in [0.1, 0.15) is 11.5 Å². The lowest BCUT2D eigenvalue weighted by Crippen LogP contribution is -2.25. The van der Waals surface area contributed by atoms with Gasteiger partial charge in [-0.3, -0.25) is 0 Å². The van der Waals surface area contributed by atoms with Crippen molar-refractivity contribution in [2.75, 3.05) is 12.5 Å². The Morgan fingerprint density at radius 1 is 1.15 bits per heavy atom. The molecule has 26 heavy (non-hydrogen) atoms. The van der Waals surface area contributed by atoms with E-state index < -0.39 is 11.5 Å². The Bertz CT molecular complexity index is 784. The Morgan fingerprint density at radius 2 is 1.85 bits per heavy atom. The molecule has 0 spiro atoms. The standard InChI is InChI=1S/C21H25ClO4/c1-21(2,17-5-3-4-6-18(17)24)20-16(10-14(23)11-22)13(7-8-19(20)25)9-15-12-26-15/h3-8,14-15,23-25H,9-12H2,1-2H3. The summed E-state index contributed by atoms with van der Waals surface area (Å²) in [5.41, 5.74) is 2.69. The van der Waals surface area contributed by atoms with E-state index in [1.165, 1.54) is 0 Å². The van der Waals surface area contributed by atoms with Crippen LogP contribution in [0.1, 0.15) is 36.1 Å². The molecular formula is C21H25ClO4. The smallest absolute Gasteiger partial charge is 0.119 e. The van der Waals surface area contributed by atoms with Crippen molar-refractivity contribution in [1.82, 2.24) is 0 Å². The minimum atomic E-state index is -0.712. The van der Waals surface area contributed by atoms with Crippen molar-refractivity contribution in [2.24, 2.45) is 0 Å². The summed E-state index contributed by atoms with van der Waals surface area (Å²) in [6, 6.07) is 10.7. The van der Waals surface area contributed by atoms with Gasteiger partial charge in [0.15, 0.2) is 0 Å². The Labute approximate surface area is 159 Å². The van der Waals surface area contributed by atoms with Gasteiger partial charge in [0.2, 0.25) is 0 Å². The lowest BCUT2D eigenvalue weighted by atomic mass is 9.73. The number of epoxide rings is 1. The second kappa shape index (κ2) is 7.47. The number of rotatable bonds is 7. The van der Waals surface area contributed by atoms with Gasteiger partial charge in [-0.25, -0.2) is 0 Å². The zero-order valence-electron chi connectivity index (χ0n) is 15.1. The summed E-state index contributed by atoms with van der Waals surface area (Å²) in [5, 5.41) is 31.3. The number of benzene rings is 2. The molecule has 0 saturated carbocycles. The van der Waals surface area contributed by atoms with Gasteiger partial charge in [0, 0.05) is 35.3 Å². The third-order valence-corrected chi connectivity index (χ3v) is 5.41. The van der Waals surface area contributed by atoms with Crippen molar-refractivity contribution in [1.29, 1.82) is 0 Å². The first-order valence-corrected chi connectivity index (χ1v) is 9.36. The van der Waals surface area contributed by atoms with Gasteiger partial charge >= 0.3 is 0 Å². The minimum Gasteiger partial charge on any atom is -0.508 e. The van der Waals surface area contributed by atoms with Crippen molar-refractivity contribution in [3.05, 3.63) is 58.7 Å². The van der Waals surface area contributed by atoms with E-state index in [1.54, 1.807) is 18.2 Å². The van der Waals surface area contributed by atoms with Crippen LogP contribution in [0, 0.1) is 0 Å². The number of alkyl halides is 1. The van der Waals surface area contributed by atoms with Crippen molar-refractivity contribution in [3.63, 3.8) is 0 Å². The SMILES string of the molecule is CC(C)(c1ccccc1O)c1c(O)ccc(CC2CO2)c1CC(O)CCl. The van der Waals surface area contributed by atoms with Gasteiger partial charge in [0.05, 0.1) is 18.8 Å². The highest BCUT2D eigenvalue weighted by atomic mass is 35.5. The lowest BCUT2D eigenvalue weighted by Gasteiger charge is -2.31. The van der Waals surface area contributed by atoms with E-state index in [0.717, 1.165) is 29.7 Å². The molecule has 1 heterocycles. The number of phenolic OH excluding ortho intramolecular Hbond substituents is 2. The quantitative estimate of drug-likeness (QED) is 0.510. The fraction of sp³-hybridized carbons (Fsp3) is 0.429. The predicted octanol–water partition coefficient (Wildman–Crippen LogP) is 3.51. The second-order valence-electron chi connectivity index (χ2n) is 7.41. The maximum absolute atomic E-state index is 10.7. The largest absolute Gasteiger partial charge is 0.508 e. The van der Waals surface area contributed by atoms with Crippen LogP contribution in [0.15, 0.2) is 36.4 Å². The molecule has 4 nitrogen and oxygen atoms in total. The van der Waals surface area contributed by atoms with Gasteiger partial charge in [-0.2, -0.15) is 0 Å². The summed E-state index contributed by atoms with van der Waals surface area (Å²) in [6.07, 6.45) is 0.546. The molecule has 5 heteroatoms. The summed E-state index contributed by atoms with van der Waals surface area (Å²) in [5.74, 6) is 0.443. The van der Waals surface area contributed by atoms with E-state index in [-0.39, 0.29) is 23.5 Å². The highest BCUT2D eigenvalue weighted by Crippen LogP contribution is 2.44. The number of hydrogen-bond donors (Lipinski definition) is 3. The molecule has 2 aromatic carbocycles. The first kappa shape index (κ1) is 19.0. The van der Waals surface area contributed by atoms with Crippen molar-refractivity contribution in [2.45, 2.75) is 44.3 Å². The van der Waals surface area contributed by atoms with Crippen molar-refractivity contribution in [3.8, 4) is 11.5 Å². The average Bonchev–Trinajstić information content (AvgIpc) is 3.41. The number of halogens is 1. The summed E-state index contributed by atoms with van der Waals surface area (Å²) in [6.45, 7) is 4.66. The number of aliphatic hydroxyl groups is 1. The van der Waals surface area contributed by atoms with Gasteiger partial charge < -0.3 is 20.1 Å². The number of aromatic hydroxyl groups is 2. The van der Waals surface area contributed by atoms with Crippen LogP contribution in [-0.4, -0.2) is 40.0 Å². The second-order valence-corrected chi connectivity index (χ2v) is 7.72. The molecule has 1 aliphatic heterocycles. The molecular weight excluding hydrogens is 352 g/mol. The Balaban J connectivity index is 2.15. The summed E-state index contributed by atoms with van der Waals surface area (Å²) in [7, 11) is 0. The zero-order valence-corrected chi connectivity index (χ0v) is 15.8. The molecule has 3 rings (SSSR count). The summed E-state index contributed by atoms with van der Waals surface area (Å²) < 4.78 is 5.37. The molecule has 3 N–H and O–H groups in total. The van der Waals surface area contributed by atoms with Crippen LogP contribution in [0.5, 0.6) is 11.5 Å². The van der Waals surface area contributed by atoms with Crippen LogP contribution < -0.4 is 0 Å². The third-order valence-electron chi connectivity index (χ3n) is 5.06. The van der Waals surface area contributed by atoms with E-state index >= 15 is 0 Å².